The van der Waals surface area contributed by atoms with E-state index in [4.69, 9.17) is 16.3 Å². The van der Waals surface area contributed by atoms with Crippen molar-refractivity contribution in [2.24, 2.45) is 5.92 Å². The van der Waals surface area contributed by atoms with Crippen molar-refractivity contribution in [3.8, 4) is 5.75 Å². The van der Waals surface area contributed by atoms with Gasteiger partial charge in [0.1, 0.15) is 15.6 Å². The Morgan fingerprint density at radius 2 is 1.72 bits per heavy atom. The highest BCUT2D eigenvalue weighted by molar-refractivity contribution is 7.90. The number of likely N-dealkylation sites (tertiary alicyclic amines) is 2. The van der Waals surface area contributed by atoms with Crippen molar-refractivity contribution >= 4 is 33.3 Å². The molecule has 0 bridgehead atoms. The average Bonchev–Trinajstić information content (AvgIpc) is 3.41. The number of benzene rings is 2. The predicted octanol–water partition coefficient (Wildman–Crippen LogP) is 4.58. The number of piperidine rings is 1. The molecule has 2 aromatic carbocycles. The van der Waals surface area contributed by atoms with Gasteiger partial charge in [0.05, 0.1) is 24.5 Å². The Morgan fingerprint density at radius 3 is 2.30 bits per heavy atom. The molecule has 0 unspecified atom stereocenters. The van der Waals surface area contributed by atoms with Crippen molar-refractivity contribution in [3.63, 3.8) is 0 Å². The molecule has 13 heteroatoms. The van der Waals surface area contributed by atoms with Crippen LogP contribution in [0.15, 0.2) is 42.5 Å². The molecule has 2 aliphatic heterocycles. The molecule has 2 aliphatic rings. The number of amides is 2. The number of carbonyl (C=O) groups excluding carboxylic acids is 2. The van der Waals surface area contributed by atoms with E-state index in [-0.39, 0.29) is 41.4 Å². The Bertz CT molecular complexity index is 1410. The Hall–Kier alpha value is -2.83. The van der Waals surface area contributed by atoms with E-state index in [2.05, 4.69) is 4.90 Å². The van der Waals surface area contributed by atoms with Gasteiger partial charge in [-0.3, -0.25) is 9.59 Å². The molecule has 4 rings (SSSR count). The van der Waals surface area contributed by atoms with Gasteiger partial charge in [-0.15, -0.1) is 0 Å². The lowest BCUT2D eigenvalue weighted by Gasteiger charge is -2.33. The molecular weight excluding hydrogens is 607 g/mol. The molecule has 2 atom stereocenters. The molecule has 2 heterocycles. The number of hydrogen-bond donors (Lipinski definition) is 0. The minimum atomic E-state index is -4.70. The van der Waals surface area contributed by atoms with Gasteiger partial charge in [-0.25, -0.2) is 8.42 Å². The highest BCUT2D eigenvalue weighted by Gasteiger charge is 2.42. The Kier molecular flexibility index (Phi) is 10.3. The first-order valence-electron chi connectivity index (χ1n) is 14.1. The lowest BCUT2D eigenvalue weighted by atomic mass is 9.93. The largest absolute Gasteiger partial charge is 0.496 e. The van der Waals surface area contributed by atoms with Gasteiger partial charge in [0.25, 0.3) is 5.91 Å². The lowest BCUT2D eigenvalue weighted by molar-refractivity contribution is -0.139. The van der Waals surface area contributed by atoms with E-state index >= 15 is 0 Å². The van der Waals surface area contributed by atoms with E-state index in [9.17, 15) is 31.2 Å². The SMILES string of the molecule is COc1ccc(C(=O)N(C)[C@H]2CN(C(=O)C3CCN(CCCS(C)(=O)=O)CC3)C[C@@H]2c2ccc(Cl)cc2)cc1C(F)(F)F. The first-order valence-corrected chi connectivity index (χ1v) is 16.6. The van der Waals surface area contributed by atoms with Crippen LogP contribution in [0.5, 0.6) is 5.75 Å². The van der Waals surface area contributed by atoms with Gasteiger partial charge >= 0.3 is 6.18 Å². The number of likely N-dealkylation sites (N-methyl/N-ethyl adjacent to an activating group) is 1. The topological polar surface area (TPSA) is 87.2 Å². The number of rotatable bonds is 9. The van der Waals surface area contributed by atoms with Gasteiger partial charge in [-0.2, -0.15) is 13.2 Å². The standard InChI is InChI=1S/C30H37ClF3N3O5S/c1-35(28(38)22-7-10-27(42-2)25(17-22)30(32,33)34)26-19-37(18-24(26)20-5-8-23(31)9-6-20)29(39)21-11-14-36(15-12-21)13-4-16-43(3,40)41/h5-10,17,21,24,26H,4,11-16,18-19H2,1-3H3/t24-,26+/m1/s1. The van der Waals surface area contributed by atoms with Crippen molar-refractivity contribution in [3.05, 3.63) is 64.2 Å². The molecule has 0 spiro atoms. The first-order chi connectivity index (χ1) is 20.2. The summed E-state index contributed by atoms with van der Waals surface area (Å²) in [4.78, 5) is 32.6. The zero-order valence-corrected chi connectivity index (χ0v) is 26.0. The predicted molar refractivity (Wildman–Crippen MR) is 158 cm³/mol. The summed E-state index contributed by atoms with van der Waals surface area (Å²) in [6.07, 6.45) is -1.64. The fourth-order valence-electron chi connectivity index (χ4n) is 6.03. The maximum absolute atomic E-state index is 13.7. The van der Waals surface area contributed by atoms with Gasteiger partial charge < -0.3 is 19.4 Å². The van der Waals surface area contributed by atoms with Crippen LogP contribution in [0.3, 0.4) is 0 Å². The normalized spacial score (nSPS) is 20.3. The Morgan fingerprint density at radius 1 is 1.07 bits per heavy atom. The van der Waals surface area contributed by atoms with Crippen LogP contribution in [0.25, 0.3) is 0 Å². The third-order valence-corrected chi connectivity index (χ3v) is 9.68. The number of alkyl halides is 3. The zero-order chi connectivity index (χ0) is 31.5. The van der Waals surface area contributed by atoms with Crippen molar-refractivity contribution in [1.29, 1.82) is 0 Å². The lowest BCUT2D eigenvalue weighted by Crippen LogP contribution is -2.44. The summed E-state index contributed by atoms with van der Waals surface area (Å²) in [6, 6.07) is 9.93. The van der Waals surface area contributed by atoms with Gasteiger partial charge in [0.15, 0.2) is 0 Å². The van der Waals surface area contributed by atoms with Crippen molar-refractivity contribution < 1.29 is 35.9 Å². The molecule has 43 heavy (non-hydrogen) atoms. The molecular formula is C30H37ClF3N3O5S. The van der Waals surface area contributed by atoms with Gasteiger partial charge in [0, 0.05) is 48.8 Å². The summed E-state index contributed by atoms with van der Waals surface area (Å²) in [5, 5.41) is 0.539. The smallest absolute Gasteiger partial charge is 0.419 e. The highest BCUT2D eigenvalue weighted by Crippen LogP contribution is 2.38. The summed E-state index contributed by atoms with van der Waals surface area (Å²) in [5.74, 6) is -1.31. The molecule has 0 saturated carbocycles. The van der Waals surface area contributed by atoms with E-state index in [0.717, 1.165) is 24.8 Å². The van der Waals surface area contributed by atoms with Gasteiger partial charge in [-0.05, 0) is 74.8 Å². The Labute approximate surface area is 255 Å². The number of halogens is 4. The molecule has 0 N–H and O–H groups in total. The number of ether oxygens (including phenoxy) is 1. The summed E-state index contributed by atoms with van der Waals surface area (Å²) >= 11 is 6.11. The van der Waals surface area contributed by atoms with Crippen LogP contribution < -0.4 is 4.74 Å². The van der Waals surface area contributed by atoms with Crippen LogP contribution in [-0.4, -0.2) is 99.9 Å². The molecule has 0 radical (unpaired) electrons. The second kappa shape index (κ2) is 13.4. The number of sulfone groups is 1. The van der Waals surface area contributed by atoms with E-state index in [1.165, 1.54) is 17.2 Å². The van der Waals surface area contributed by atoms with Gasteiger partial charge in [0.2, 0.25) is 5.91 Å². The van der Waals surface area contributed by atoms with E-state index in [1.807, 2.05) is 12.1 Å². The quantitative estimate of drug-likeness (QED) is 0.398. The van der Waals surface area contributed by atoms with Crippen molar-refractivity contribution in [1.82, 2.24) is 14.7 Å². The number of hydrogen-bond acceptors (Lipinski definition) is 6. The van der Waals surface area contributed by atoms with Crippen LogP contribution in [-0.2, 0) is 20.8 Å². The number of carbonyl (C=O) groups is 2. The fraction of sp³-hybridized carbons (Fsp3) is 0.533. The second-order valence-electron chi connectivity index (χ2n) is 11.4. The molecule has 236 valence electrons. The summed E-state index contributed by atoms with van der Waals surface area (Å²) < 4.78 is 68.7. The third-order valence-electron chi connectivity index (χ3n) is 8.39. The molecule has 0 aromatic heterocycles. The summed E-state index contributed by atoms with van der Waals surface area (Å²) in [5.41, 5.74) is -0.288. The summed E-state index contributed by atoms with van der Waals surface area (Å²) in [7, 11) is -0.325. The molecule has 0 aliphatic carbocycles. The monoisotopic (exact) mass is 643 g/mol. The van der Waals surface area contributed by atoms with Gasteiger partial charge in [-0.1, -0.05) is 23.7 Å². The minimum Gasteiger partial charge on any atom is -0.496 e. The third kappa shape index (κ3) is 8.21. The minimum absolute atomic E-state index is 0.0121. The molecule has 2 fully saturated rings. The molecule has 2 amide bonds. The van der Waals surface area contributed by atoms with Crippen molar-refractivity contribution in [2.75, 3.05) is 58.9 Å². The van der Waals surface area contributed by atoms with Crippen LogP contribution in [0.1, 0.15) is 46.7 Å². The Balaban J connectivity index is 1.50. The van der Waals surface area contributed by atoms with E-state index in [0.29, 0.717) is 50.5 Å². The van der Waals surface area contributed by atoms with Crippen LogP contribution >= 0.6 is 11.6 Å². The second-order valence-corrected chi connectivity index (χ2v) is 14.1. The van der Waals surface area contributed by atoms with Crippen molar-refractivity contribution in [2.45, 2.75) is 37.4 Å². The first kappa shape index (κ1) is 33.1. The number of nitrogens with zero attached hydrogens (tertiary/aromatic N) is 3. The van der Waals surface area contributed by atoms with Crippen LogP contribution in [0.2, 0.25) is 5.02 Å². The molecule has 8 nitrogen and oxygen atoms in total. The fourth-order valence-corrected chi connectivity index (χ4v) is 6.80. The summed E-state index contributed by atoms with van der Waals surface area (Å²) in [6.45, 7) is 2.64. The molecule has 2 saturated heterocycles. The maximum atomic E-state index is 13.7. The van der Waals surface area contributed by atoms with E-state index < -0.39 is 33.5 Å². The van der Waals surface area contributed by atoms with Crippen LogP contribution in [0.4, 0.5) is 13.2 Å². The number of methoxy groups -OCH3 is 1. The highest BCUT2D eigenvalue weighted by atomic mass is 35.5. The average molecular weight is 644 g/mol. The molecule has 2 aromatic rings. The van der Waals surface area contributed by atoms with E-state index in [1.54, 1.807) is 24.1 Å². The zero-order valence-electron chi connectivity index (χ0n) is 24.4. The van der Waals surface area contributed by atoms with Crippen LogP contribution in [0, 0.1) is 5.92 Å². The maximum Gasteiger partial charge on any atom is 0.419 e.